The first-order valence-electron chi connectivity index (χ1n) is 5.78. The van der Waals surface area contributed by atoms with Crippen molar-refractivity contribution in [3.63, 3.8) is 0 Å². The summed E-state index contributed by atoms with van der Waals surface area (Å²) < 4.78 is 26.1. The molecule has 0 spiro atoms. The number of amides is 1. The zero-order chi connectivity index (χ0) is 13.9. The molecule has 18 heavy (non-hydrogen) atoms. The summed E-state index contributed by atoms with van der Waals surface area (Å²) in [5, 5.41) is 10.7. The van der Waals surface area contributed by atoms with Crippen LogP contribution in [0.5, 0.6) is 0 Å². The van der Waals surface area contributed by atoms with Crippen molar-refractivity contribution in [1.29, 1.82) is 0 Å². The van der Waals surface area contributed by atoms with Gasteiger partial charge >= 0.3 is 6.09 Å². The van der Waals surface area contributed by atoms with Crippen molar-refractivity contribution in [2.45, 2.75) is 44.6 Å². The third-order valence-corrected chi connectivity index (χ3v) is 3.11. The first-order chi connectivity index (χ1) is 8.21. The molecule has 1 aliphatic carbocycles. The van der Waals surface area contributed by atoms with E-state index in [1.54, 1.807) is 0 Å². The lowest BCUT2D eigenvalue weighted by Gasteiger charge is -2.19. The van der Waals surface area contributed by atoms with Crippen LogP contribution in [-0.2, 0) is 4.79 Å². The van der Waals surface area contributed by atoms with Gasteiger partial charge in [0, 0.05) is 12.8 Å². The van der Waals surface area contributed by atoms with E-state index in [4.69, 9.17) is 5.11 Å². The molecule has 0 bridgehead atoms. The average Bonchev–Trinajstić information content (AvgIpc) is 2.55. The van der Waals surface area contributed by atoms with Gasteiger partial charge in [0.15, 0.2) is 5.78 Å². The third-order valence-electron chi connectivity index (χ3n) is 3.11. The van der Waals surface area contributed by atoms with Crippen molar-refractivity contribution in [2.75, 3.05) is 0 Å². The van der Waals surface area contributed by atoms with Crippen molar-refractivity contribution in [3.8, 4) is 0 Å². The van der Waals surface area contributed by atoms with Crippen molar-refractivity contribution >= 4 is 11.9 Å². The molecule has 0 heterocycles. The second-order valence-corrected chi connectivity index (χ2v) is 4.85. The van der Waals surface area contributed by atoms with E-state index in [2.05, 4.69) is 11.9 Å². The number of halogens is 2. The van der Waals surface area contributed by atoms with E-state index in [-0.39, 0.29) is 30.8 Å². The maximum Gasteiger partial charge on any atom is 0.405 e. The topological polar surface area (TPSA) is 66.4 Å². The smallest absolute Gasteiger partial charge is 0.405 e. The van der Waals surface area contributed by atoms with Gasteiger partial charge in [0.2, 0.25) is 5.92 Å². The number of carboxylic acid groups (broad SMARTS) is 1. The van der Waals surface area contributed by atoms with Gasteiger partial charge in [0.05, 0.1) is 6.04 Å². The molecule has 1 amide bonds. The predicted molar refractivity (Wildman–Crippen MR) is 61.7 cm³/mol. The molecular formula is C12H17F2NO3. The Kier molecular flexibility index (Phi) is 4.43. The number of alkyl halides is 2. The van der Waals surface area contributed by atoms with E-state index in [0.717, 1.165) is 0 Å². The van der Waals surface area contributed by atoms with Crippen LogP contribution in [0.15, 0.2) is 12.2 Å². The van der Waals surface area contributed by atoms with Crippen molar-refractivity contribution in [3.05, 3.63) is 12.2 Å². The number of Topliss-reactive ketones (excluding diaryl/α,β-unsaturated/α-hetero) is 1. The average molecular weight is 261 g/mol. The molecule has 2 atom stereocenters. The van der Waals surface area contributed by atoms with Crippen LogP contribution in [0.25, 0.3) is 0 Å². The fraction of sp³-hybridized carbons (Fsp3) is 0.667. The molecule has 1 aliphatic rings. The van der Waals surface area contributed by atoms with Gasteiger partial charge in [-0.3, -0.25) is 4.79 Å². The Balaban J connectivity index is 2.65. The van der Waals surface area contributed by atoms with Crippen LogP contribution in [0, 0.1) is 5.92 Å². The maximum atomic E-state index is 13.0. The summed E-state index contributed by atoms with van der Waals surface area (Å²) in [4.78, 5) is 22.3. The monoisotopic (exact) mass is 261 g/mol. The van der Waals surface area contributed by atoms with Crippen molar-refractivity contribution in [1.82, 2.24) is 5.32 Å². The number of ketones is 1. The van der Waals surface area contributed by atoms with E-state index in [0.29, 0.717) is 6.42 Å². The summed E-state index contributed by atoms with van der Waals surface area (Å²) in [7, 11) is 0. The number of hydrogen-bond acceptors (Lipinski definition) is 2. The van der Waals surface area contributed by atoms with E-state index in [1.165, 1.54) is 6.92 Å². The zero-order valence-electron chi connectivity index (χ0n) is 10.2. The molecule has 0 radical (unpaired) electrons. The minimum Gasteiger partial charge on any atom is -0.465 e. The lowest BCUT2D eigenvalue weighted by molar-refractivity contribution is -0.117. The Hall–Kier alpha value is -1.46. The quantitative estimate of drug-likeness (QED) is 0.747. The molecule has 2 N–H and O–H groups in total. The summed E-state index contributed by atoms with van der Waals surface area (Å²) >= 11 is 0. The van der Waals surface area contributed by atoms with Crippen molar-refractivity contribution < 1.29 is 23.5 Å². The fourth-order valence-corrected chi connectivity index (χ4v) is 2.25. The molecule has 0 aromatic rings. The number of carbonyl (C=O) groups is 2. The molecule has 1 saturated carbocycles. The Labute approximate surface area is 104 Å². The van der Waals surface area contributed by atoms with E-state index in [1.807, 2.05) is 0 Å². The van der Waals surface area contributed by atoms with Gasteiger partial charge in [-0.2, -0.15) is 0 Å². The molecule has 2 unspecified atom stereocenters. The molecule has 0 aromatic heterocycles. The van der Waals surface area contributed by atoms with Crippen LogP contribution in [0.2, 0.25) is 0 Å². The van der Waals surface area contributed by atoms with Gasteiger partial charge in [-0.05, 0) is 31.3 Å². The Morgan fingerprint density at radius 2 is 2.17 bits per heavy atom. The number of rotatable bonds is 5. The normalized spacial score (nSPS) is 23.4. The molecule has 4 nitrogen and oxygen atoms in total. The van der Waals surface area contributed by atoms with Gasteiger partial charge in [-0.15, -0.1) is 0 Å². The van der Waals surface area contributed by atoms with Crippen molar-refractivity contribution in [2.24, 2.45) is 5.92 Å². The van der Waals surface area contributed by atoms with Crippen LogP contribution in [0.4, 0.5) is 13.6 Å². The van der Waals surface area contributed by atoms with Gasteiger partial charge in [-0.1, -0.05) is 6.58 Å². The summed E-state index contributed by atoms with van der Waals surface area (Å²) in [6.07, 6.45) is -1.39. The second-order valence-electron chi connectivity index (χ2n) is 4.85. The fourth-order valence-electron chi connectivity index (χ4n) is 2.25. The van der Waals surface area contributed by atoms with Crippen LogP contribution < -0.4 is 5.32 Å². The van der Waals surface area contributed by atoms with Crippen LogP contribution in [-0.4, -0.2) is 28.9 Å². The SMILES string of the molecule is C=C(C)C(=O)C(CC1CCC(F)(F)C1)NC(=O)O. The summed E-state index contributed by atoms with van der Waals surface area (Å²) in [6.45, 7) is 4.93. The molecular weight excluding hydrogens is 244 g/mol. The molecule has 1 rings (SSSR count). The third kappa shape index (κ3) is 4.09. The molecule has 0 aliphatic heterocycles. The zero-order valence-corrected chi connectivity index (χ0v) is 10.2. The van der Waals surface area contributed by atoms with Crippen LogP contribution in [0.3, 0.4) is 0 Å². The van der Waals surface area contributed by atoms with E-state index in [9.17, 15) is 18.4 Å². The molecule has 6 heteroatoms. The summed E-state index contributed by atoms with van der Waals surface area (Å²) in [6, 6.07) is -0.973. The lowest BCUT2D eigenvalue weighted by atomic mass is 9.93. The van der Waals surface area contributed by atoms with E-state index < -0.39 is 23.8 Å². The standard InChI is InChI=1S/C12H17F2NO3/c1-7(2)10(16)9(15-11(17)18)5-8-3-4-12(13,14)6-8/h8-9,15H,1,3-6H2,2H3,(H,17,18). The summed E-state index contributed by atoms with van der Waals surface area (Å²) in [5.41, 5.74) is 0.221. The van der Waals surface area contributed by atoms with Gasteiger partial charge in [0.25, 0.3) is 0 Å². The maximum absolute atomic E-state index is 13.0. The Bertz CT molecular complexity index is 368. The first-order valence-corrected chi connectivity index (χ1v) is 5.78. The molecule has 102 valence electrons. The highest BCUT2D eigenvalue weighted by atomic mass is 19.3. The highest BCUT2D eigenvalue weighted by molar-refractivity contribution is 5.99. The highest BCUT2D eigenvalue weighted by Gasteiger charge is 2.40. The largest absolute Gasteiger partial charge is 0.465 e. The first kappa shape index (κ1) is 14.6. The highest BCUT2D eigenvalue weighted by Crippen LogP contribution is 2.40. The number of nitrogens with one attached hydrogen (secondary N) is 1. The van der Waals surface area contributed by atoms with Crippen LogP contribution in [0.1, 0.15) is 32.6 Å². The molecule has 0 saturated heterocycles. The molecule has 1 fully saturated rings. The van der Waals surface area contributed by atoms with Gasteiger partial charge in [-0.25, -0.2) is 13.6 Å². The second kappa shape index (κ2) is 5.46. The minimum absolute atomic E-state index is 0.105. The van der Waals surface area contributed by atoms with Crippen LogP contribution >= 0.6 is 0 Å². The number of hydrogen-bond donors (Lipinski definition) is 2. The minimum atomic E-state index is -2.69. The number of carbonyl (C=O) groups excluding carboxylic acids is 1. The Morgan fingerprint density at radius 1 is 1.56 bits per heavy atom. The van der Waals surface area contributed by atoms with Gasteiger partial charge in [0.1, 0.15) is 0 Å². The predicted octanol–water partition coefficient (Wildman–Crippen LogP) is 2.59. The van der Waals surface area contributed by atoms with Gasteiger partial charge < -0.3 is 10.4 Å². The Morgan fingerprint density at radius 3 is 2.56 bits per heavy atom. The summed E-state index contributed by atoms with van der Waals surface area (Å²) in [5.74, 6) is -3.46. The van der Waals surface area contributed by atoms with E-state index >= 15 is 0 Å². The lowest BCUT2D eigenvalue weighted by Crippen LogP contribution is -2.41. The molecule has 0 aromatic carbocycles.